The van der Waals surface area contributed by atoms with E-state index in [1.165, 1.54) is 22.5 Å². The van der Waals surface area contributed by atoms with E-state index < -0.39 is 0 Å². The molecule has 0 radical (unpaired) electrons. The third-order valence-corrected chi connectivity index (χ3v) is 4.33. The normalized spacial score (nSPS) is 16.2. The van der Waals surface area contributed by atoms with Crippen molar-refractivity contribution in [1.82, 2.24) is 0 Å². The van der Waals surface area contributed by atoms with Crippen LogP contribution in [0.4, 0.5) is 5.69 Å². The lowest BCUT2D eigenvalue weighted by Gasteiger charge is -2.24. The van der Waals surface area contributed by atoms with Crippen LogP contribution >= 0.6 is 11.3 Å². The molecule has 1 aromatic heterocycles. The summed E-state index contributed by atoms with van der Waals surface area (Å²) in [6.45, 7) is 3.40. The van der Waals surface area contributed by atoms with Gasteiger partial charge in [-0.15, -0.1) is 11.3 Å². The molecule has 0 aliphatic carbocycles. The largest absolute Gasteiger partial charge is 0.365 e. The molecule has 3 rings (SSSR count). The second-order valence-corrected chi connectivity index (χ2v) is 5.67. The van der Waals surface area contributed by atoms with Crippen LogP contribution in [0, 0.1) is 0 Å². The van der Waals surface area contributed by atoms with Gasteiger partial charge >= 0.3 is 0 Å². The van der Waals surface area contributed by atoms with Crippen molar-refractivity contribution in [2.75, 3.05) is 11.4 Å². The summed E-state index contributed by atoms with van der Waals surface area (Å²) in [6.07, 6.45) is 5.71. The Bertz CT molecular complexity index is 542. The van der Waals surface area contributed by atoms with Crippen LogP contribution in [-0.2, 0) is 6.42 Å². The van der Waals surface area contributed by atoms with E-state index in [4.69, 9.17) is 0 Å². The number of benzene rings is 1. The average molecular weight is 255 g/mol. The van der Waals surface area contributed by atoms with Crippen LogP contribution in [0.2, 0.25) is 0 Å². The van der Waals surface area contributed by atoms with Gasteiger partial charge < -0.3 is 4.90 Å². The van der Waals surface area contributed by atoms with Gasteiger partial charge in [-0.05, 0) is 42.5 Å². The van der Waals surface area contributed by atoms with Gasteiger partial charge in [0.2, 0.25) is 0 Å². The summed E-state index contributed by atoms with van der Waals surface area (Å²) >= 11 is 1.79. The second kappa shape index (κ2) is 4.99. The summed E-state index contributed by atoms with van der Waals surface area (Å²) in [5.41, 5.74) is 2.88. The number of hydrogen-bond acceptors (Lipinski definition) is 2. The van der Waals surface area contributed by atoms with E-state index in [0.29, 0.717) is 6.04 Å². The lowest BCUT2D eigenvalue weighted by molar-refractivity contribution is 0.767. The zero-order chi connectivity index (χ0) is 12.4. The van der Waals surface area contributed by atoms with Crippen molar-refractivity contribution in [3.8, 4) is 0 Å². The quantitative estimate of drug-likeness (QED) is 0.794. The Kier molecular flexibility index (Phi) is 3.20. The number of nitrogens with zero attached hydrogens (tertiary/aromatic N) is 1. The molecule has 18 heavy (non-hydrogen) atoms. The molecule has 92 valence electrons. The van der Waals surface area contributed by atoms with Crippen molar-refractivity contribution in [2.45, 2.75) is 19.4 Å². The highest BCUT2D eigenvalue weighted by Crippen LogP contribution is 2.29. The summed E-state index contributed by atoms with van der Waals surface area (Å²) in [6, 6.07) is 13.5. The van der Waals surface area contributed by atoms with E-state index in [0.717, 1.165) is 6.54 Å². The highest BCUT2D eigenvalue weighted by Gasteiger charge is 2.21. The predicted molar refractivity (Wildman–Crippen MR) is 80.3 cm³/mol. The van der Waals surface area contributed by atoms with E-state index in [-0.39, 0.29) is 0 Å². The topological polar surface area (TPSA) is 3.24 Å². The minimum atomic E-state index is 0.454. The van der Waals surface area contributed by atoms with E-state index in [1.54, 1.807) is 11.3 Å². The molecule has 0 spiro atoms. The number of fused-ring (bicyclic) bond motifs is 1. The van der Waals surface area contributed by atoms with Crippen LogP contribution in [0.25, 0.3) is 6.08 Å². The van der Waals surface area contributed by atoms with Crippen molar-refractivity contribution in [1.29, 1.82) is 0 Å². The zero-order valence-electron chi connectivity index (χ0n) is 10.5. The van der Waals surface area contributed by atoms with Crippen LogP contribution in [0.15, 0.2) is 47.9 Å². The van der Waals surface area contributed by atoms with Gasteiger partial charge in [0.25, 0.3) is 0 Å². The Morgan fingerprint density at radius 1 is 1.22 bits per heavy atom. The SMILES string of the molecule is C[C@H](/C=C/c1cccs1)N1CCc2ccccc21. The molecule has 1 nitrogen and oxygen atoms in total. The Morgan fingerprint density at radius 3 is 2.94 bits per heavy atom. The summed E-state index contributed by atoms with van der Waals surface area (Å²) in [7, 11) is 0. The minimum Gasteiger partial charge on any atom is -0.365 e. The predicted octanol–water partition coefficient (Wildman–Crippen LogP) is 4.21. The van der Waals surface area contributed by atoms with Crippen molar-refractivity contribution in [3.63, 3.8) is 0 Å². The van der Waals surface area contributed by atoms with Gasteiger partial charge in [-0.2, -0.15) is 0 Å². The fourth-order valence-corrected chi connectivity index (χ4v) is 3.14. The molecular weight excluding hydrogens is 238 g/mol. The van der Waals surface area contributed by atoms with Gasteiger partial charge in [-0.1, -0.05) is 30.3 Å². The monoisotopic (exact) mass is 255 g/mol. The molecule has 0 saturated carbocycles. The highest BCUT2D eigenvalue weighted by molar-refractivity contribution is 7.10. The summed E-state index contributed by atoms with van der Waals surface area (Å²) in [4.78, 5) is 3.81. The zero-order valence-corrected chi connectivity index (χ0v) is 11.4. The molecule has 1 aromatic carbocycles. The van der Waals surface area contributed by atoms with Crippen LogP contribution in [0.3, 0.4) is 0 Å². The number of rotatable bonds is 3. The Balaban J connectivity index is 1.76. The first kappa shape index (κ1) is 11.5. The molecular formula is C16H17NS. The van der Waals surface area contributed by atoms with Gasteiger partial charge in [0.05, 0.1) is 0 Å². The number of para-hydroxylation sites is 1. The standard InChI is InChI=1S/C16H17NS/c1-13(8-9-15-6-4-12-18-15)17-11-10-14-5-2-3-7-16(14)17/h2-9,12-13H,10-11H2,1H3/b9-8+/t13-/m1/s1. The molecule has 1 atom stereocenters. The van der Waals surface area contributed by atoms with Crippen LogP contribution in [0.5, 0.6) is 0 Å². The third kappa shape index (κ3) is 2.21. The second-order valence-electron chi connectivity index (χ2n) is 4.69. The van der Waals surface area contributed by atoms with Gasteiger partial charge in [0.1, 0.15) is 0 Å². The molecule has 0 amide bonds. The van der Waals surface area contributed by atoms with E-state index in [1.807, 2.05) is 0 Å². The minimum absolute atomic E-state index is 0.454. The molecule has 1 aliphatic heterocycles. The Morgan fingerprint density at radius 2 is 2.11 bits per heavy atom. The molecule has 1 aliphatic rings. The molecule has 0 fully saturated rings. The molecule has 0 bridgehead atoms. The maximum Gasteiger partial charge on any atom is 0.0448 e. The Labute approximate surface area is 112 Å². The van der Waals surface area contributed by atoms with Gasteiger partial charge in [-0.3, -0.25) is 0 Å². The van der Waals surface area contributed by atoms with Crippen LogP contribution < -0.4 is 4.90 Å². The number of hydrogen-bond donors (Lipinski definition) is 0. The summed E-state index contributed by atoms with van der Waals surface area (Å²) in [5, 5.41) is 2.12. The van der Waals surface area contributed by atoms with E-state index in [2.05, 4.69) is 65.8 Å². The number of thiophene rings is 1. The van der Waals surface area contributed by atoms with Crippen molar-refractivity contribution in [2.24, 2.45) is 0 Å². The maximum absolute atomic E-state index is 2.49. The first-order chi connectivity index (χ1) is 8.84. The van der Waals surface area contributed by atoms with Crippen molar-refractivity contribution >= 4 is 23.1 Å². The van der Waals surface area contributed by atoms with Gasteiger partial charge in [-0.25, -0.2) is 0 Å². The van der Waals surface area contributed by atoms with Crippen molar-refractivity contribution in [3.05, 3.63) is 58.3 Å². The van der Waals surface area contributed by atoms with Crippen molar-refractivity contribution < 1.29 is 0 Å². The molecule has 0 N–H and O–H groups in total. The summed E-state index contributed by atoms with van der Waals surface area (Å²) < 4.78 is 0. The van der Waals surface area contributed by atoms with E-state index in [9.17, 15) is 0 Å². The lowest BCUT2D eigenvalue weighted by atomic mass is 10.1. The fourth-order valence-electron chi connectivity index (χ4n) is 2.51. The smallest absolute Gasteiger partial charge is 0.0448 e. The lowest BCUT2D eigenvalue weighted by Crippen LogP contribution is -2.29. The first-order valence-electron chi connectivity index (χ1n) is 6.41. The van der Waals surface area contributed by atoms with Gasteiger partial charge in [0.15, 0.2) is 0 Å². The van der Waals surface area contributed by atoms with Crippen LogP contribution in [0.1, 0.15) is 17.4 Å². The first-order valence-corrected chi connectivity index (χ1v) is 7.29. The maximum atomic E-state index is 2.49. The molecule has 0 unspecified atom stereocenters. The molecule has 2 heteroatoms. The molecule has 2 aromatic rings. The summed E-state index contributed by atoms with van der Waals surface area (Å²) in [5.74, 6) is 0. The highest BCUT2D eigenvalue weighted by atomic mass is 32.1. The number of anilines is 1. The molecule has 0 saturated heterocycles. The Hall–Kier alpha value is -1.54. The molecule has 2 heterocycles. The van der Waals surface area contributed by atoms with E-state index >= 15 is 0 Å². The van der Waals surface area contributed by atoms with Gasteiger partial charge in [0, 0.05) is 23.2 Å². The van der Waals surface area contributed by atoms with Crippen LogP contribution in [-0.4, -0.2) is 12.6 Å². The fraction of sp³-hybridized carbons (Fsp3) is 0.250. The average Bonchev–Trinajstić information content (AvgIpc) is 3.05. The third-order valence-electron chi connectivity index (χ3n) is 3.50.